The van der Waals surface area contributed by atoms with Crippen molar-refractivity contribution in [2.24, 2.45) is 0 Å². The van der Waals surface area contributed by atoms with Crippen molar-refractivity contribution in [2.75, 3.05) is 38.8 Å². The van der Waals surface area contributed by atoms with Crippen molar-refractivity contribution in [1.82, 2.24) is 15.3 Å². The van der Waals surface area contributed by atoms with E-state index in [1.54, 1.807) is 18.4 Å². The molecule has 4 rings (SSSR count). The van der Waals surface area contributed by atoms with Crippen LogP contribution >= 0.6 is 22.9 Å². The quantitative estimate of drug-likeness (QED) is 0.560. The summed E-state index contributed by atoms with van der Waals surface area (Å²) in [6, 6.07) is 6.11. The first-order valence-electron chi connectivity index (χ1n) is 9.88. The van der Waals surface area contributed by atoms with Crippen LogP contribution in [0.4, 0.5) is 5.13 Å². The summed E-state index contributed by atoms with van der Waals surface area (Å²) in [4.78, 5) is 9.43. The summed E-state index contributed by atoms with van der Waals surface area (Å²) in [5.41, 5.74) is 2.10. The van der Waals surface area contributed by atoms with Crippen LogP contribution in [0, 0.1) is 0 Å². The molecule has 1 aliphatic rings. The van der Waals surface area contributed by atoms with Crippen molar-refractivity contribution in [2.45, 2.75) is 25.9 Å². The monoisotopic (exact) mass is 448 g/mol. The summed E-state index contributed by atoms with van der Waals surface area (Å²) in [6.07, 6.45) is 0. The van der Waals surface area contributed by atoms with Crippen LogP contribution in [0.3, 0.4) is 0 Å². The molecule has 1 saturated heterocycles. The second kappa shape index (κ2) is 9.34. The molecule has 1 atom stereocenters. The first-order valence-corrected chi connectivity index (χ1v) is 11.1. The normalized spacial score (nSPS) is 16.8. The third kappa shape index (κ3) is 4.62. The zero-order chi connectivity index (χ0) is 21.1. The zero-order valence-corrected chi connectivity index (χ0v) is 18.8. The SMILES string of the molecule is COc1cc(-c2csc(NC(C)C)n2)nc2c(Cl)c(OC[C@H]3COCCN3)ccc12. The molecular formula is C21H25ClN4O3S. The molecule has 0 radical (unpaired) electrons. The lowest BCUT2D eigenvalue weighted by molar-refractivity contribution is 0.0593. The fourth-order valence-electron chi connectivity index (χ4n) is 3.24. The van der Waals surface area contributed by atoms with E-state index in [9.17, 15) is 0 Å². The Morgan fingerprint density at radius 2 is 2.17 bits per heavy atom. The van der Waals surface area contributed by atoms with E-state index in [1.807, 2.05) is 23.6 Å². The number of morpholine rings is 1. The Balaban J connectivity index is 1.65. The molecule has 1 aromatic carbocycles. The van der Waals surface area contributed by atoms with Gasteiger partial charge in [-0.15, -0.1) is 11.3 Å². The highest BCUT2D eigenvalue weighted by Gasteiger charge is 2.18. The van der Waals surface area contributed by atoms with Gasteiger partial charge in [0.2, 0.25) is 0 Å². The number of ether oxygens (including phenoxy) is 3. The number of methoxy groups -OCH3 is 1. The molecule has 0 saturated carbocycles. The summed E-state index contributed by atoms with van der Waals surface area (Å²) >= 11 is 8.24. The number of anilines is 1. The first-order chi connectivity index (χ1) is 14.5. The summed E-state index contributed by atoms with van der Waals surface area (Å²) in [7, 11) is 1.64. The summed E-state index contributed by atoms with van der Waals surface area (Å²) < 4.78 is 17.1. The molecule has 0 amide bonds. The molecule has 3 aromatic rings. The van der Waals surface area contributed by atoms with Crippen LogP contribution in [-0.2, 0) is 4.74 Å². The number of halogens is 1. The smallest absolute Gasteiger partial charge is 0.183 e. The maximum absolute atomic E-state index is 6.70. The van der Waals surface area contributed by atoms with E-state index in [0.29, 0.717) is 47.0 Å². The number of hydrogen-bond acceptors (Lipinski definition) is 8. The van der Waals surface area contributed by atoms with Crippen molar-refractivity contribution >= 4 is 39.0 Å². The minimum atomic E-state index is 0.140. The molecule has 3 heterocycles. The van der Waals surface area contributed by atoms with Gasteiger partial charge in [-0.05, 0) is 26.0 Å². The van der Waals surface area contributed by atoms with Crippen molar-refractivity contribution in [3.63, 3.8) is 0 Å². The predicted octanol–water partition coefficient (Wildman–Crippen LogP) is 4.21. The van der Waals surface area contributed by atoms with Crippen LogP contribution in [0.2, 0.25) is 5.02 Å². The van der Waals surface area contributed by atoms with Crippen LogP contribution < -0.4 is 20.1 Å². The van der Waals surface area contributed by atoms with Gasteiger partial charge < -0.3 is 24.8 Å². The lowest BCUT2D eigenvalue weighted by Crippen LogP contribution is -2.44. The van der Waals surface area contributed by atoms with Crippen LogP contribution in [0.5, 0.6) is 11.5 Å². The van der Waals surface area contributed by atoms with Crippen molar-refractivity contribution in [1.29, 1.82) is 0 Å². The highest BCUT2D eigenvalue weighted by atomic mass is 35.5. The molecule has 0 aliphatic carbocycles. The Morgan fingerprint density at radius 3 is 2.90 bits per heavy atom. The molecule has 7 nitrogen and oxygen atoms in total. The number of pyridine rings is 1. The molecule has 1 fully saturated rings. The summed E-state index contributed by atoms with van der Waals surface area (Å²) in [5.74, 6) is 1.28. The average molecular weight is 449 g/mol. The number of hydrogen-bond donors (Lipinski definition) is 2. The minimum Gasteiger partial charge on any atom is -0.496 e. The highest BCUT2D eigenvalue weighted by molar-refractivity contribution is 7.14. The molecule has 30 heavy (non-hydrogen) atoms. The lowest BCUT2D eigenvalue weighted by atomic mass is 10.1. The third-order valence-corrected chi connectivity index (χ3v) is 5.82. The Hall–Kier alpha value is -2.13. The largest absolute Gasteiger partial charge is 0.496 e. The van der Waals surface area contributed by atoms with E-state index in [4.69, 9.17) is 30.8 Å². The van der Waals surface area contributed by atoms with Gasteiger partial charge in [0, 0.05) is 29.4 Å². The molecule has 1 aliphatic heterocycles. The van der Waals surface area contributed by atoms with Crippen molar-refractivity contribution < 1.29 is 14.2 Å². The molecule has 0 unspecified atom stereocenters. The van der Waals surface area contributed by atoms with E-state index in [2.05, 4.69) is 29.5 Å². The number of nitrogens with zero attached hydrogens (tertiary/aromatic N) is 2. The lowest BCUT2D eigenvalue weighted by Gasteiger charge is -2.24. The fourth-order valence-corrected chi connectivity index (χ4v) is 4.36. The van der Waals surface area contributed by atoms with Gasteiger partial charge in [-0.2, -0.15) is 0 Å². The van der Waals surface area contributed by atoms with Crippen LogP contribution in [-0.4, -0.2) is 55.5 Å². The number of fused-ring (bicyclic) bond motifs is 1. The number of benzene rings is 1. The van der Waals surface area contributed by atoms with Gasteiger partial charge in [-0.25, -0.2) is 9.97 Å². The van der Waals surface area contributed by atoms with E-state index < -0.39 is 0 Å². The number of rotatable bonds is 7. The topological polar surface area (TPSA) is 77.5 Å². The predicted molar refractivity (Wildman–Crippen MR) is 121 cm³/mol. The Bertz CT molecular complexity index is 1020. The molecule has 0 spiro atoms. The third-order valence-electron chi connectivity index (χ3n) is 4.68. The number of thiazole rings is 1. The Morgan fingerprint density at radius 1 is 1.30 bits per heavy atom. The Labute approximate surface area is 184 Å². The van der Waals surface area contributed by atoms with Gasteiger partial charge in [-0.3, -0.25) is 0 Å². The minimum absolute atomic E-state index is 0.140. The van der Waals surface area contributed by atoms with Gasteiger partial charge in [0.05, 0.1) is 37.6 Å². The van der Waals surface area contributed by atoms with Gasteiger partial charge >= 0.3 is 0 Å². The average Bonchev–Trinajstić information content (AvgIpc) is 3.21. The van der Waals surface area contributed by atoms with E-state index in [1.165, 1.54) is 0 Å². The molecular weight excluding hydrogens is 424 g/mol. The van der Waals surface area contributed by atoms with Crippen molar-refractivity contribution in [3.05, 3.63) is 28.6 Å². The Kier molecular flexibility index (Phi) is 6.58. The van der Waals surface area contributed by atoms with Crippen LogP contribution in [0.15, 0.2) is 23.6 Å². The van der Waals surface area contributed by atoms with Gasteiger partial charge in [0.25, 0.3) is 0 Å². The molecule has 2 aromatic heterocycles. The maximum Gasteiger partial charge on any atom is 0.183 e. The maximum atomic E-state index is 6.70. The van der Waals surface area contributed by atoms with E-state index in [-0.39, 0.29) is 6.04 Å². The summed E-state index contributed by atoms with van der Waals surface area (Å²) in [5, 5.41) is 10.8. The second-order valence-electron chi connectivity index (χ2n) is 7.36. The van der Waals surface area contributed by atoms with Crippen LogP contribution in [0.25, 0.3) is 22.3 Å². The number of aromatic nitrogens is 2. The van der Waals surface area contributed by atoms with E-state index >= 15 is 0 Å². The zero-order valence-electron chi connectivity index (χ0n) is 17.2. The molecule has 2 N–H and O–H groups in total. The first kappa shape index (κ1) is 21.1. The number of nitrogens with one attached hydrogen (secondary N) is 2. The van der Waals surface area contributed by atoms with Gasteiger partial charge in [-0.1, -0.05) is 11.6 Å². The van der Waals surface area contributed by atoms with Crippen LogP contribution in [0.1, 0.15) is 13.8 Å². The van der Waals surface area contributed by atoms with Gasteiger partial charge in [0.15, 0.2) is 5.13 Å². The molecule has 0 bridgehead atoms. The second-order valence-corrected chi connectivity index (χ2v) is 8.59. The standard InChI is InChI=1S/C21H25ClN4O3S/c1-12(2)24-21-26-16(11-30-21)15-8-18(27-3)14-4-5-17(19(22)20(14)25-15)29-10-13-9-28-7-6-23-13/h4-5,8,11-13,23H,6-7,9-10H2,1-3H3,(H,24,26)/t13-/m1/s1. The molecule has 160 valence electrons. The molecule has 9 heteroatoms. The van der Waals surface area contributed by atoms with E-state index in [0.717, 1.165) is 29.4 Å². The summed E-state index contributed by atoms with van der Waals surface area (Å²) in [6.45, 7) is 6.80. The highest BCUT2D eigenvalue weighted by Crippen LogP contribution is 2.38. The van der Waals surface area contributed by atoms with Crippen molar-refractivity contribution in [3.8, 4) is 22.9 Å². The van der Waals surface area contributed by atoms with Gasteiger partial charge in [0.1, 0.15) is 28.8 Å². The fraction of sp³-hybridized carbons (Fsp3) is 0.429.